The zero-order valence-corrected chi connectivity index (χ0v) is 15.8. The standard InChI is InChI=1S/C24H30O/c1-5-21-12-6-7-15-24(21)22-13-9-14-23(18-22)25-17-16-20(4)11-8-10-19(2)3/h1,5-6,9,12-15,18-20H,8,10-11,16-17H2,2-4H3. The molecule has 1 nitrogen and oxygen atoms in total. The Bertz CT molecular complexity index is 657. The van der Waals surface area contributed by atoms with Crippen LogP contribution >= 0.6 is 0 Å². The van der Waals surface area contributed by atoms with Crippen molar-refractivity contribution in [2.24, 2.45) is 11.8 Å². The van der Waals surface area contributed by atoms with Crippen molar-refractivity contribution in [2.75, 3.05) is 6.61 Å². The Labute approximate surface area is 153 Å². The number of hydrogen-bond donors (Lipinski definition) is 0. The second kappa shape index (κ2) is 10.1. The highest BCUT2D eigenvalue weighted by Crippen LogP contribution is 2.27. The SMILES string of the molecule is [CH]=Cc1cc[c]cc1-c1cccc(OCCC(C)CCCC(C)C)c1. The van der Waals surface area contributed by atoms with E-state index in [1.165, 1.54) is 19.3 Å². The highest BCUT2D eigenvalue weighted by Gasteiger charge is 2.06. The molecule has 0 aromatic heterocycles. The van der Waals surface area contributed by atoms with Gasteiger partial charge in [0.1, 0.15) is 5.75 Å². The summed E-state index contributed by atoms with van der Waals surface area (Å²) in [5.74, 6) is 2.43. The third-order valence-electron chi connectivity index (χ3n) is 4.58. The van der Waals surface area contributed by atoms with Gasteiger partial charge in [-0.05, 0) is 59.2 Å². The van der Waals surface area contributed by atoms with Crippen LogP contribution in [0.2, 0.25) is 0 Å². The van der Waals surface area contributed by atoms with Gasteiger partial charge in [0.15, 0.2) is 0 Å². The maximum Gasteiger partial charge on any atom is 0.119 e. The van der Waals surface area contributed by atoms with Gasteiger partial charge in [0.2, 0.25) is 0 Å². The fourth-order valence-corrected chi connectivity index (χ4v) is 2.99. The van der Waals surface area contributed by atoms with Crippen LogP contribution in [0.4, 0.5) is 0 Å². The molecule has 1 heteroatoms. The maximum absolute atomic E-state index is 5.99. The molecule has 0 N–H and O–H groups in total. The van der Waals surface area contributed by atoms with Crippen LogP contribution in [-0.2, 0) is 0 Å². The molecule has 25 heavy (non-hydrogen) atoms. The van der Waals surface area contributed by atoms with E-state index in [4.69, 9.17) is 11.3 Å². The van der Waals surface area contributed by atoms with Crippen LogP contribution in [0.15, 0.2) is 42.5 Å². The third kappa shape index (κ3) is 6.42. The molecule has 0 saturated carbocycles. The van der Waals surface area contributed by atoms with E-state index in [-0.39, 0.29) is 0 Å². The second-order valence-corrected chi connectivity index (χ2v) is 7.27. The zero-order chi connectivity index (χ0) is 18.1. The summed E-state index contributed by atoms with van der Waals surface area (Å²) < 4.78 is 5.99. The van der Waals surface area contributed by atoms with E-state index in [9.17, 15) is 0 Å². The summed E-state index contributed by atoms with van der Waals surface area (Å²) in [6.45, 7) is 13.4. The van der Waals surface area contributed by atoms with Crippen LogP contribution in [0.1, 0.15) is 52.0 Å². The molecule has 0 saturated heterocycles. The van der Waals surface area contributed by atoms with Gasteiger partial charge in [0.25, 0.3) is 0 Å². The number of hydrogen-bond acceptors (Lipinski definition) is 1. The smallest absolute Gasteiger partial charge is 0.119 e. The normalized spacial score (nSPS) is 12.2. The van der Waals surface area contributed by atoms with Gasteiger partial charge >= 0.3 is 0 Å². The molecule has 1 atom stereocenters. The van der Waals surface area contributed by atoms with Crippen LogP contribution in [0.25, 0.3) is 17.2 Å². The monoisotopic (exact) mass is 334 g/mol. The molecule has 2 radical (unpaired) electrons. The third-order valence-corrected chi connectivity index (χ3v) is 4.58. The van der Waals surface area contributed by atoms with Gasteiger partial charge < -0.3 is 4.74 Å². The summed E-state index contributed by atoms with van der Waals surface area (Å²) in [6, 6.07) is 17.2. The lowest BCUT2D eigenvalue weighted by molar-refractivity contribution is 0.276. The predicted octanol–water partition coefficient (Wildman–Crippen LogP) is 6.83. The Morgan fingerprint density at radius 3 is 2.72 bits per heavy atom. The van der Waals surface area contributed by atoms with Crippen LogP contribution in [0, 0.1) is 24.5 Å². The van der Waals surface area contributed by atoms with Gasteiger partial charge in [-0.3, -0.25) is 0 Å². The lowest BCUT2D eigenvalue weighted by Crippen LogP contribution is -2.05. The van der Waals surface area contributed by atoms with Gasteiger partial charge in [-0.2, -0.15) is 0 Å². The summed E-state index contributed by atoms with van der Waals surface area (Å²) >= 11 is 0. The largest absolute Gasteiger partial charge is 0.494 e. The molecule has 0 aliphatic heterocycles. The summed E-state index contributed by atoms with van der Waals surface area (Å²) in [7, 11) is 0. The lowest BCUT2D eigenvalue weighted by atomic mass is 9.97. The molecular formula is C24H30O. The highest BCUT2D eigenvalue weighted by molar-refractivity contribution is 5.75. The first-order chi connectivity index (χ1) is 12.1. The Hall–Kier alpha value is -2.02. The minimum Gasteiger partial charge on any atom is -0.494 e. The van der Waals surface area contributed by atoms with Crippen LogP contribution in [0.5, 0.6) is 5.75 Å². The van der Waals surface area contributed by atoms with E-state index in [0.717, 1.165) is 41.4 Å². The average molecular weight is 335 g/mol. The molecule has 0 spiro atoms. The Kier molecular flexibility index (Phi) is 7.78. The number of benzene rings is 2. The average Bonchev–Trinajstić information content (AvgIpc) is 2.61. The van der Waals surface area contributed by atoms with Crippen molar-refractivity contribution in [3.63, 3.8) is 0 Å². The minimum atomic E-state index is 0.712. The molecule has 1 unspecified atom stereocenters. The topological polar surface area (TPSA) is 9.23 Å². The quantitative estimate of drug-likeness (QED) is 0.462. The van der Waals surface area contributed by atoms with Crippen molar-refractivity contribution >= 4 is 6.08 Å². The molecular weight excluding hydrogens is 304 g/mol. The molecule has 0 bridgehead atoms. The van der Waals surface area contributed by atoms with Gasteiger partial charge in [0, 0.05) is 0 Å². The van der Waals surface area contributed by atoms with Crippen LogP contribution in [0.3, 0.4) is 0 Å². The molecule has 0 fully saturated rings. The second-order valence-electron chi connectivity index (χ2n) is 7.27. The first-order valence-corrected chi connectivity index (χ1v) is 9.38. The Morgan fingerprint density at radius 1 is 1.12 bits per heavy atom. The van der Waals surface area contributed by atoms with Gasteiger partial charge in [-0.1, -0.05) is 77.0 Å². The molecule has 2 aromatic carbocycles. The van der Waals surface area contributed by atoms with Crippen molar-refractivity contribution in [3.8, 4) is 16.9 Å². The number of rotatable bonds is 10. The van der Waals surface area contributed by atoms with Crippen molar-refractivity contribution in [1.82, 2.24) is 0 Å². The van der Waals surface area contributed by atoms with E-state index >= 15 is 0 Å². The van der Waals surface area contributed by atoms with E-state index in [1.807, 2.05) is 30.3 Å². The lowest BCUT2D eigenvalue weighted by Gasteiger charge is -2.14. The number of ether oxygens (including phenoxy) is 1. The van der Waals surface area contributed by atoms with E-state index < -0.39 is 0 Å². The van der Waals surface area contributed by atoms with E-state index in [1.54, 1.807) is 6.08 Å². The van der Waals surface area contributed by atoms with Crippen LogP contribution in [-0.4, -0.2) is 6.61 Å². The minimum absolute atomic E-state index is 0.712. The van der Waals surface area contributed by atoms with E-state index in [2.05, 4.69) is 39.0 Å². The van der Waals surface area contributed by atoms with Crippen molar-refractivity contribution in [1.29, 1.82) is 0 Å². The summed E-state index contributed by atoms with van der Waals surface area (Å²) in [4.78, 5) is 0. The predicted molar refractivity (Wildman–Crippen MR) is 107 cm³/mol. The summed E-state index contributed by atoms with van der Waals surface area (Å²) in [5, 5.41) is 0. The first-order valence-electron chi connectivity index (χ1n) is 9.38. The molecule has 0 heterocycles. The van der Waals surface area contributed by atoms with Crippen molar-refractivity contribution in [2.45, 2.75) is 46.5 Å². The molecule has 0 aliphatic rings. The fraction of sp³-hybridized carbons (Fsp3) is 0.417. The van der Waals surface area contributed by atoms with Gasteiger partial charge in [0.05, 0.1) is 6.61 Å². The van der Waals surface area contributed by atoms with Crippen LogP contribution < -0.4 is 4.74 Å². The summed E-state index contributed by atoms with van der Waals surface area (Å²) in [5.41, 5.74) is 3.20. The van der Waals surface area contributed by atoms with Crippen molar-refractivity contribution < 1.29 is 4.74 Å². The van der Waals surface area contributed by atoms with Crippen molar-refractivity contribution in [3.05, 3.63) is 60.7 Å². The molecule has 0 amide bonds. The molecule has 2 rings (SSSR count). The fourth-order valence-electron chi connectivity index (χ4n) is 2.99. The zero-order valence-electron chi connectivity index (χ0n) is 15.8. The van der Waals surface area contributed by atoms with E-state index in [0.29, 0.717) is 5.92 Å². The maximum atomic E-state index is 5.99. The Balaban J connectivity index is 1.88. The molecule has 2 aromatic rings. The van der Waals surface area contributed by atoms with Gasteiger partial charge in [-0.15, -0.1) is 0 Å². The highest BCUT2D eigenvalue weighted by atomic mass is 16.5. The first kappa shape index (κ1) is 19.3. The Morgan fingerprint density at radius 2 is 1.96 bits per heavy atom. The molecule has 132 valence electrons. The molecule has 0 aliphatic carbocycles. The van der Waals surface area contributed by atoms with Gasteiger partial charge in [-0.25, -0.2) is 0 Å². The summed E-state index contributed by atoms with van der Waals surface area (Å²) in [6.07, 6.45) is 6.66.